The van der Waals surface area contributed by atoms with Crippen molar-refractivity contribution in [2.75, 3.05) is 0 Å². The van der Waals surface area contributed by atoms with Crippen molar-refractivity contribution in [1.29, 1.82) is 0 Å². The van der Waals surface area contributed by atoms with Gasteiger partial charge < -0.3 is 0 Å². The molecule has 0 heterocycles. The summed E-state index contributed by atoms with van der Waals surface area (Å²) >= 11 is 0. The summed E-state index contributed by atoms with van der Waals surface area (Å²) in [6.07, 6.45) is 12.0. The van der Waals surface area contributed by atoms with Crippen molar-refractivity contribution in [3.63, 3.8) is 0 Å². The second-order valence-electron chi connectivity index (χ2n) is 3.41. The van der Waals surface area contributed by atoms with Gasteiger partial charge in [-0.15, -0.1) is 0 Å². The number of hydrogen-bond donors (Lipinski definition) is 0. The second-order valence-corrected chi connectivity index (χ2v) is 3.41. The molecule has 0 nitrogen and oxygen atoms in total. The first kappa shape index (κ1) is 8.58. The van der Waals surface area contributed by atoms with E-state index in [1.165, 1.54) is 25.7 Å². The summed E-state index contributed by atoms with van der Waals surface area (Å²) in [4.78, 5) is 0. The van der Waals surface area contributed by atoms with Gasteiger partial charge in [-0.2, -0.15) is 0 Å². The molecule has 0 saturated carbocycles. The first-order valence-corrected chi connectivity index (χ1v) is 4.70. The predicted molar refractivity (Wildman–Crippen MR) is 50.5 cm³/mol. The third-order valence-corrected chi connectivity index (χ3v) is 2.39. The highest BCUT2D eigenvalue weighted by Gasteiger charge is 2.07. The monoisotopic (exact) mass is 150 g/mol. The first-order chi connectivity index (χ1) is 5.34. The molecule has 0 amide bonds. The van der Waals surface area contributed by atoms with E-state index in [4.69, 9.17) is 0 Å². The topological polar surface area (TPSA) is 0 Å². The van der Waals surface area contributed by atoms with Gasteiger partial charge in [0, 0.05) is 0 Å². The van der Waals surface area contributed by atoms with E-state index in [2.05, 4.69) is 32.1 Å². The summed E-state index contributed by atoms with van der Waals surface area (Å²) in [5.41, 5.74) is 1.65. The van der Waals surface area contributed by atoms with E-state index >= 15 is 0 Å². The van der Waals surface area contributed by atoms with E-state index in [9.17, 15) is 0 Å². The van der Waals surface area contributed by atoms with Crippen LogP contribution in [-0.2, 0) is 0 Å². The summed E-state index contributed by atoms with van der Waals surface area (Å²) in [5, 5.41) is 0. The normalized spacial score (nSPS) is 23.5. The molecule has 0 saturated heterocycles. The molecule has 1 aliphatic rings. The van der Waals surface area contributed by atoms with Gasteiger partial charge in [0.1, 0.15) is 0 Å². The number of unbranched alkanes of at least 4 members (excludes halogenated alkanes) is 1. The van der Waals surface area contributed by atoms with Crippen LogP contribution in [0.2, 0.25) is 0 Å². The van der Waals surface area contributed by atoms with Crippen molar-refractivity contribution < 1.29 is 0 Å². The van der Waals surface area contributed by atoms with E-state index in [-0.39, 0.29) is 0 Å². The Kier molecular flexibility index (Phi) is 3.41. The lowest BCUT2D eigenvalue weighted by Crippen LogP contribution is -2.00. The lowest BCUT2D eigenvalue weighted by Gasteiger charge is -2.16. The summed E-state index contributed by atoms with van der Waals surface area (Å²) in [7, 11) is 0. The number of allylic oxidation sites excluding steroid dienone is 4. The molecule has 0 aromatic carbocycles. The van der Waals surface area contributed by atoms with Gasteiger partial charge >= 0.3 is 0 Å². The highest BCUT2D eigenvalue weighted by atomic mass is 14.1. The Morgan fingerprint density at radius 3 is 3.00 bits per heavy atom. The maximum Gasteiger partial charge on any atom is -0.0194 e. The second kappa shape index (κ2) is 4.38. The van der Waals surface area contributed by atoms with Crippen molar-refractivity contribution >= 4 is 0 Å². The highest BCUT2D eigenvalue weighted by Crippen LogP contribution is 2.23. The predicted octanol–water partition coefficient (Wildman–Crippen LogP) is 3.70. The Morgan fingerprint density at radius 2 is 2.36 bits per heavy atom. The zero-order chi connectivity index (χ0) is 8.10. The fourth-order valence-electron chi connectivity index (χ4n) is 1.50. The third kappa shape index (κ3) is 2.53. The lowest BCUT2D eigenvalue weighted by molar-refractivity contribution is 0.626. The quantitative estimate of drug-likeness (QED) is 0.575. The summed E-state index contributed by atoms with van der Waals surface area (Å²) < 4.78 is 0. The fourth-order valence-corrected chi connectivity index (χ4v) is 1.50. The van der Waals surface area contributed by atoms with Crippen LogP contribution in [0.3, 0.4) is 0 Å². The van der Waals surface area contributed by atoms with Crippen molar-refractivity contribution in [1.82, 2.24) is 0 Å². The lowest BCUT2D eigenvalue weighted by atomic mass is 9.90. The van der Waals surface area contributed by atoms with Crippen LogP contribution in [0.25, 0.3) is 0 Å². The van der Waals surface area contributed by atoms with Crippen LogP contribution in [0.15, 0.2) is 23.8 Å². The SMILES string of the molecule is CCCCC1=CC=CC[C@H]1C. The van der Waals surface area contributed by atoms with E-state index in [1.807, 2.05) is 0 Å². The van der Waals surface area contributed by atoms with Gasteiger partial charge in [0.15, 0.2) is 0 Å². The molecule has 0 heteroatoms. The average Bonchev–Trinajstić information content (AvgIpc) is 2.03. The van der Waals surface area contributed by atoms with Crippen LogP contribution in [0.5, 0.6) is 0 Å². The Labute approximate surface area is 70.0 Å². The minimum absolute atomic E-state index is 0.798. The molecule has 0 aromatic heterocycles. The molecule has 0 N–H and O–H groups in total. The Bertz CT molecular complexity index is 163. The standard InChI is InChI=1S/C11H18/c1-3-4-8-11-9-6-5-7-10(11)2/h5-6,9-10H,3-4,7-8H2,1-2H3/t10-/m1/s1. The van der Waals surface area contributed by atoms with E-state index in [0.29, 0.717) is 0 Å². The molecule has 0 spiro atoms. The van der Waals surface area contributed by atoms with E-state index < -0.39 is 0 Å². The van der Waals surface area contributed by atoms with Gasteiger partial charge in [0.05, 0.1) is 0 Å². The first-order valence-electron chi connectivity index (χ1n) is 4.70. The molecule has 0 bridgehead atoms. The maximum absolute atomic E-state index is 2.32. The largest absolute Gasteiger partial charge is 0.0840 e. The molecule has 0 aliphatic heterocycles. The highest BCUT2D eigenvalue weighted by molar-refractivity contribution is 5.20. The minimum Gasteiger partial charge on any atom is -0.0840 e. The van der Waals surface area contributed by atoms with Crippen LogP contribution in [0.1, 0.15) is 39.5 Å². The maximum atomic E-state index is 2.32. The Morgan fingerprint density at radius 1 is 1.55 bits per heavy atom. The average molecular weight is 150 g/mol. The van der Waals surface area contributed by atoms with Crippen LogP contribution in [0, 0.1) is 5.92 Å². The van der Waals surface area contributed by atoms with Crippen molar-refractivity contribution in [2.24, 2.45) is 5.92 Å². The van der Waals surface area contributed by atoms with Crippen LogP contribution < -0.4 is 0 Å². The van der Waals surface area contributed by atoms with Crippen LogP contribution in [-0.4, -0.2) is 0 Å². The zero-order valence-corrected chi connectivity index (χ0v) is 7.64. The molecule has 1 rings (SSSR count). The molecule has 1 atom stereocenters. The Balaban J connectivity index is 2.40. The summed E-state index contributed by atoms with van der Waals surface area (Å²) in [6.45, 7) is 4.58. The molecule has 11 heavy (non-hydrogen) atoms. The fraction of sp³-hybridized carbons (Fsp3) is 0.636. The molecule has 0 unspecified atom stereocenters. The molecule has 62 valence electrons. The molecule has 0 radical (unpaired) electrons. The van der Waals surface area contributed by atoms with Gasteiger partial charge in [-0.1, -0.05) is 44.1 Å². The van der Waals surface area contributed by atoms with E-state index in [1.54, 1.807) is 5.57 Å². The van der Waals surface area contributed by atoms with Crippen molar-refractivity contribution in [3.05, 3.63) is 23.8 Å². The van der Waals surface area contributed by atoms with Crippen LogP contribution in [0.4, 0.5) is 0 Å². The number of rotatable bonds is 3. The molecule has 0 aromatic rings. The molecular formula is C11H18. The smallest absolute Gasteiger partial charge is 0.0194 e. The van der Waals surface area contributed by atoms with Crippen molar-refractivity contribution in [2.45, 2.75) is 39.5 Å². The van der Waals surface area contributed by atoms with Gasteiger partial charge in [-0.05, 0) is 25.2 Å². The van der Waals surface area contributed by atoms with Gasteiger partial charge in [-0.25, -0.2) is 0 Å². The third-order valence-electron chi connectivity index (χ3n) is 2.39. The number of hydrogen-bond acceptors (Lipinski definition) is 0. The minimum atomic E-state index is 0.798. The van der Waals surface area contributed by atoms with Gasteiger partial charge in [-0.3, -0.25) is 0 Å². The van der Waals surface area contributed by atoms with Gasteiger partial charge in [0.25, 0.3) is 0 Å². The van der Waals surface area contributed by atoms with Crippen molar-refractivity contribution in [3.8, 4) is 0 Å². The molecule has 0 fully saturated rings. The zero-order valence-electron chi connectivity index (χ0n) is 7.64. The molecular weight excluding hydrogens is 132 g/mol. The molecule has 1 aliphatic carbocycles. The van der Waals surface area contributed by atoms with Gasteiger partial charge in [0.2, 0.25) is 0 Å². The summed E-state index contributed by atoms with van der Waals surface area (Å²) in [5.74, 6) is 0.798. The van der Waals surface area contributed by atoms with Crippen LogP contribution >= 0.6 is 0 Å². The Hall–Kier alpha value is -0.520. The summed E-state index contributed by atoms with van der Waals surface area (Å²) in [6, 6.07) is 0. The van der Waals surface area contributed by atoms with E-state index in [0.717, 1.165) is 5.92 Å².